The van der Waals surface area contributed by atoms with Crippen LogP contribution in [0.5, 0.6) is 11.5 Å². The highest BCUT2D eigenvalue weighted by Gasteiger charge is 2.19. The minimum absolute atomic E-state index is 0. The molecule has 2 aromatic rings. The van der Waals surface area contributed by atoms with Crippen LogP contribution in [0.1, 0.15) is 36.8 Å². The Kier molecular flexibility index (Phi) is 9.37. The van der Waals surface area contributed by atoms with Crippen LogP contribution in [-0.2, 0) is 6.54 Å². The van der Waals surface area contributed by atoms with Gasteiger partial charge >= 0.3 is 0 Å². The molecule has 3 N–H and O–H groups in total. The van der Waals surface area contributed by atoms with Crippen molar-refractivity contribution >= 4 is 24.8 Å². The summed E-state index contributed by atoms with van der Waals surface area (Å²) in [6.45, 7) is 2.37. The fraction of sp³-hybridized carbons (Fsp3) is 0.400. The van der Waals surface area contributed by atoms with E-state index in [2.05, 4.69) is 5.32 Å². The quantitative estimate of drug-likeness (QED) is 0.730. The van der Waals surface area contributed by atoms with Crippen LogP contribution in [0.4, 0.5) is 4.39 Å². The highest BCUT2D eigenvalue weighted by atomic mass is 35.5. The van der Waals surface area contributed by atoms with E-state index < -0.39 is 0 Å². The molecule has 144 valence electrons. The Morgan fingerprint density at radius 3 is 2.35 bits per heavy atom. The van der Waals surface area contributed by atoms with Crippen molar-refractivity contribution in [2.24, 2.45) is 5.73 Å². The summed E-state index contributed by atoms with van der Waals surface area (Å²) >= 11 is 0. The number of halogens is 3. The van der Waals surface area contributed by atoms with E-state index in [0.717, 1.165) is 31.2 Å². The van der Waals surface area contributed by atoms with Gasteiger partial charge in [-0.25, -0.2) is 4.39 Å². The molecule has 0 atom stereocenters. The molecular formula is C20H27Cl2FN2O. The summed E-state index contributed by atoms with van der Waals surface area (Å²) < 4.78 is 20.6. The molecule has 1 fully saturated rings. The second kappa shape index (κ2) is 10.7. The van der Waals surface area contributed by atoms with Crippen LogP contribution >= 0.6 is 24.8 Å². The van der Waals surface area contributed by atoms with Gasteiger partial charge in [-0.1, -0.05) is 30.3 Å². The van der Waals surface area contributed by atoms with Crippen molar-refractivity contribution in [3.8, 4) is 11.5 Å². The number of nitrogens with one attached hydrogen (secondary N) is 1. The molecule has 3 nitrogen and oxygen atoms in total. The first-order valence-electron chi connectivity index (χ1n) is 8.63. The van der Waals surface area contributed by atoms with Crippen molar-refractivity contribution in [3.05, 3.63) is 59.4 Å². The highest BCUT2D eigenvalue weighted by molar-refractivity contribution is 5.85. The molecule has 26 heavy (non-hydrogen) atoms. The lowest BCUT2D eigenvalue weighted by atomic mass is 9.91. The Bertz CT molecular complexity index is 677. The first kappa shape index (κ1) is 22.7. The lowest BCUT2D eigenvalue weighted by Crippen LogP contribution is -2.37. The Morgan fingerprint density at radius 2 is 1.69 bits per heavy atom. The van der Waals surface area contributed by atoms with Gasteiger partial charge in [0, 0.05) is 24.2 Å². The Balaban J connectivity index is 0.00000169. The Labute approximate surface area is 167 Å². The molecular weight excluding hydrogens is 374 g/mol. The zero-order valence-electron chi connectivity index (χ0n) is 14.9. The van der Waals surface area contributed by atoms with Crippen LogP contribution in [0.15, 0.2) is 42.5 Å². The molecule has 0 aliphatic heterocycles. The average Bonchev–Trinajstić information content (AvgIpc) is 2.60. The van der Waals surface area contributed by atoms with Gasteiger partial charge in [0.05, 0.1) is 0 Å². The normalized spacial score (nSPS) is 19.2. The van der Waals surface area contributed by atoms with Gasteiger partial charge in [-0.3, -0.25) is 0 Å². The second-order valence-electron chi connectivity index (χ2n) is 6.59. The van der Waals surface area contributed by atoms with E-state index in [0.29, 0.717) is 35.7 Å². The van der Waals surface area contributed by atoms with Gasteiger partial charge in [-0.15, -0.1) is 24.8 Å². The Hall–Kier alpha value is -1.33. The van der Waals surface area contributed by atoms with Crippen LogP contribution in [0.3, 0.4) is 0 Å². The van der Waals surface area contributed by atoms with Crippen molar-refractivity contribution in [1.29, 1.82) is 0 Å². The molecule has 0 saturated heterocycles. The van der Waals surface area contributed by atoms with Gasteiger partial charge in [-0.2, -0.15) is 0 Å². The molecule has 1 aliphatic rings. The highest BCUT2D eigenvalue weighted by Crippen LogP contribution is 2.30. The number of aryl methyl sites for hydroxylation is 1. The molecule has 1 aliphatic carbocycles. The topological polar surface area (TPSA) is 47.3 Å². The van der Waals surface area contributed by atoms with Gasteiger partial charge in [0.25, 0.3) is 0 Å². The van der Waals surface area contributed by atoms with Crippen molar-refractivity contribution in [2.75, 3.05) is 0 Å². The van der Waals surface area contributed by atoms with E-state index in [9.17, 15) is 4.39 Å². The number of hydrogen-bond acceptors (Lipinski definition) is 3. The molecule has 2 aromatic carbocycles. The van der Waals surface area contributed by atoms with E-state index in [1.54, 1.807) is 0 Å². The van der Waals surface area contributed by atoms with E-state index in [1.807, 2.05) is 49.4 Å². The molecule has 0 radical (unpaired) electrons. The van der Waals surface area contributed by atoms with Crippen LogP contribution in [0.25, 0.3) is 0 Å². The van der Waals surface area contributed by atoms with Gasteiger partial charge < -0.3 is 15.8 Å². The molecule has 0 amide bonds. The third-order valence-electron chi connectivity index (χ3n) is 4.69. The van der Waals surface area contributed by atoms with Crippen LogP contribution in [-0.4, -0.2) is 12.1 Å². The molecule has 6 heteroatoms. The van der Waals surface area contributed by atoms with Gasteiger partial charge in [0.1, 0.15) is 5.75 Å². The smallest absolute Gasteiger partial charge is 0.170 e. The van der Waals surface area contributed by atoms with E-state index in [-0.39, 0.29) is 30.6 Å². The summed E-state index contributed by atoms with van der Waals surface area (Å²) in [4.78, 5) is 0. The van der Waals surface area contributed by atoms with Gasteiger partial charge in [0.2, 0.25) is 0 Å². The largest absolute Gasteiger partial charge is 0.454 e. The van der Waals surface area contributed by atoms with Crippen molar-refractivity contribution in [2.45, 2.75) is 51.2 Å². The lowest BCUT2D eigenvalue weighted by Gasteiger charge is -2.27. The number of rotatable bonds is 5. The minimum Gasteiger partial charge on any atom is -0.454 e. The predicted molar refractivity (Wildman–Crippen MR) is 109 cm³/mol. The monoisotopic (exact) mass is 400 g/mol. The zero-order valence-corrected chi connectivity index (χ0v) is 16.5. The maximum absolute atomic E-state index is 14.9. The SMILES string of the molecule is Cc1ccc(CNC2CCC(N)CC2)c(F)c1Oc1ccccc1.Cl.Cl. The maximum atomic E-state index is 14.9. The number of hydrogen-bond donors (Lipinski definition) is 2. The van der Waals surface area contributed by atoms with Gasteiger partial charge in [0.15, 0.2) is 11.6 Å². The predicted octanol–water partition coefficient (Wildman–Crippen LogP) is 5.13. The zero-order chi connectivity index (χ0) is 16.9. The molecule has 1 saturated carbocycles. The van der Waals surface area contributed by atoms with Gasteiger partial charge in [-0.05, 0) is 50.3 Å². The van der Waals surface area contributed by atoms with E-state index >= 15 is 0 Å². The number of para-hydroxylation sites is 1. The van der Waals surface area contributed by atoms with Crippen molar-refractivity contribution < 1.29 is 9.13 Å². The summed E-state index contributed by atoms with van der Waals surface area (Å²) in [5, 5.41) is 3.46. The number of nitrogens with two attached hydrogens (primary N) is 1. The summed E-state index contributed by atoms with van der Waals surface area (Å²) in [5.41, 5.74) is 7.37. The van der Waals surface area contributed by atoms with E-state index in [4.69, 9.17) is 10.5 Å². The molecule has 0 spiro atoms. The standard InChI is InChI=1S/C20H25FN2O.2ClH/c1-14-7-8-15(13-23-17-11-9-16(22)10-12-17)19(21)20(14)24-18-5-3-2-4-6-18;;/h2-8,16-17,23H,9-13,22H2,1H3;2*1H. The molecule has 0 heterocycles. The molecule has 0 unspecified atom stereocenters. The third kappa shape index (κ3) is 5.85. The minimum atomic E-state index is -0.279. The average molecular weight is 401 g/mol. The van der Waals surface area contributed by atoms with Crippen molar-refractivity contribution in [3.63, 3.8) is 0 Å². The first-order chi connectivity index (χ1) is 11.6. The lowest BCUT2D eigenvalue weighted by molar-refractivity contribution is 0.339. The maximum Gasteiger partial charge on any atom is 0.170 e. The second-order valence-corrected chi connectivity index (χ2v) is 6.59. The third-order valence-corrected chi connectivity index (χ3v) is 4.69. The molecule has 0 aromatic heterocycles. The Morgan fingerprint density at radius 1 is 1.04 bits per heavy atom. The van der Waals surface area contributed by atoms with Crippen LogP contribution in [0.2, 0.25) is 0 Å². The van der Waals surface area contributed by atoms with Crippen molar-refractivity contribution in [1.82, 2.24) is 5.32 Å². The first-order valence-corrected chi connectivity index (χ1v) is 8.63. The fourth-order valence-corrected chi connectivity index (χ4v) is 3.14. The van der Waals surface area contributed by atoms with Crippen LogP contribution < -0.4 is 15.8 Å². The van der Waals surface area contributed by atoms with E-state index in [1.165, 1.54) is 0 Å². The molecule has 0 bridgehead atoms. The van der Waals surface area contributed by atoms with Crippen LogP contribution in [0, 0.1) is 12.7 Å². The number of benzene rings is 2. The summed E-state index contributed by atoms with van der Waals surface area (Å²) in [6.07, 6.45) is 4.19. The summed E-state index contributed by atoms with van der Waals surface area (Å²) in [5.74, 6) is 0.677. The summed E-state index contributed by atoms with van der Waals surface area (Å²) in [7, 11) is 0. The molecule has 3 rings (SSSR count). The number of ether oxygens (including phenoxy) is 1. The fourth-order valence-electron chi connectivity index (χ4n) is 3.14. The summed E-state index contributed by atoms with van der Waals surface area (Å²) in [6, 6.07) is 13.8.